The molecule has 0 saturated heterocycles. The van der Waals surface area contributed by atoms with Gasteiger partial charge in [-0.2, -0.15) is 0 Å². The molecular formula is C64H114O6. The Balaban J connectivity index is 3.94. The highest BCUT2D eigenvalue weighted by Crippen LogP contribution is 2.17. The molecule has 6 nitrogen and oxygen atoms in total. The summed E-state index contributed by atoms with van der Waals surface area (Å²) in [7, 11) is 0. The quantitative estimate of drug-likeness (QED) is 0.0261. The highest BCUT2D eigenvalue weighted by Gasteiger charge is 2.19. The molecular weight excluding hydrogens is 865 g/mol. The summed E-state index contributed by atoms with van der Waals surface area (Å²) in [6.45, 7) is 6.47. The average molecular weight is 980 g/mol. The van der Waals surface area contributed by atoms with Crippen molar-refractivity contribution < 1.29 is 28.6 Å². The molecule has 0 spiro atoms. The SMILES string of the molecule is CC/C=C\C/C=C\C/C=C\C/C=C\CCCCCCCCCCCCCCCCCCCCCCC(=O)OCC(COC(=O)CCCCCCCCCC)OC(=O)CCCCCCC/C=C\CCCC. The first-order valence-corrected chi connectivity index (χ1v) is 30.3. The minimum atomic E-state index is -0.771. The number of ether oxygens (including phenoxy) is 3. The Morgan fingerprint density at radius 2 is 0.571 bits per heavy atom. The monoisotopic (exact) mass is 979 g/mol. The molecule has 0 aliphatic carbocycles. The number of allylic oxidation sites excluding steroid dienone is 10. The van der Waals surface area contributed by atoms with Gasteiger partial charge >= 0.3 is 17.9 Å². The van der Waals surface area contributed by atoms with E-state index in [1.54, 1.807) is 0 Å². The summed E-state index contributed by atoms with van der Waals surface area (Å²) in [6.07, 6.45) is 74.1. The van der Waals surface area contributed by atoms with Crippen LogP contribution in [-0.4, -0.2) is 37.2 Å². The highest BCUT2D eigenvalue weighted by atomic mass is 16.6. The molecule has 0 N–H and O–H groups in total. The molecule has 70 heavy (non-hydrogen) atoms. The summed E-state index contributed by atoms with van der Waals surface area (Å²) in [5, 5.41) is 0. The van der Waals surface area contributed by atoms with Gasteiger partial charge in [0.25, 0.3) is 0 Å². The van der Waals surface area contributed by atoms with Gasteiger partial charge < -0.3 is 14.2 Å². The molecule has 0 aromatic heterocycles. The predicted molar refractivity (Wildman–Crippen MR) is 302 cm³/mol. The van der Waals surface area contributed by atoms with Crippen LogP contribution in [0, 0.1) is 0 Å². The molecule has 0 aromatic carbocycles. The summed E-state index contributed by atoms with van der Waals surface area (Å²) < 4.78 is 16.8. The third-order valence-electron chi connectivity index (χ3n) is 13.3. The second-order valence-electron chi connectivity index (χ2n) is 20.2. The molecule has 0 radical (unpaired) electrons. The van der Waals surface area contributed by atoms with Gasteiger partial charge in [0.15, 0.2) is 6.10 Å². The van der Waals surface area contributed by atoms with E-state index in [1.165, 1.54) is 173 Å². The number of rotatable bonds is 55. The van der Waals surface area contributed by atoms with Crippen molar-refractivity contribution in [2.75, 3.05) is 13.2 Å². The van der Waals surface area contributed by atoms with Crippen LogP contribution in [0.15, 0.2) is 60.8 Å². The molecule has 0 aliphatic rings. The fourth-order valence-corrected chi connectivity index (χ4v) is 8.71. The van der Waals surface area contributed by atoms with Crippen LogP contribution >= 0.6 is 0 Å². The van der Waals surface area contributed by atoms with Crippen LogP contribution in [0.25, 0.3) is 0 Å². The van der Waals surface area contributed by atoms with E-state index < -0.39 is 6.10 Å². The van der Waals surface area contributed by atoms with Gasteiger partial charge in [-0.15, -0.1) is 0 Å². The third-order valence-corrected chi connectivity index (χ3v) is 13.3. The van der Waals surface area contributed by atoms with E-state index in [-0.39, 0.29) is 31.1 Å². The molecule has 0 bridgehead atoms. The Kier molecular flexibility index (Phi) is 56.3. The fraction of sp³-hybridized carbons (Fsp3) is 0.797. The van der Waals surface area contributed by atoms with Crippen molar-refractivity contribution >= 4 is 17.9 Å². The first kappa shape index (κ1) is 67.1. The lowest BCUT2D eigenvalue weighted by molar-refractivity contribution is -0.167. The maximum atomic E-state index is 12.8. The van der Waals surface area contributed by atoms with E-state index in [2.05, 4.69) is 81.5 Å². The van der Waals surface area contributed by atoms with Crippen LogP contribution in [-0.2, 0) is 28.6 Å². The number of esters is 3. The van der Waals surface area contributed by atoms with E-state index >= 15 is 0 Å². The standard InChI is InChI=1S/C64H114O6/c1-4-7-10-13-16-19-21-22-23-24-25-26-27-28-29-30-31-32-33-34-35-36-37-38-39-40-41-42-44-45-48-51-54-57-63(66)69-60-61(59-68-62(65)56-53-50-47-18-15-12-9-6-3)70-64(67)58-55-52-49-46-43-20-17-14-11-8-5-2/h7,10,14,16-17,19,22-23,25-26,61H,4-6,8-9,11-13,15,18,20-21,24,27-60H2,1-3H3/b10-7-,17-14-,19-16-,23-22-,26-25-. The molecule has 0 heterocycles. The Bertz CT molecular complexity index is 1260. The number of hydrogen-bond donors (Lipinski definition) is 0. The van der Waals surface area contributed by atoms with Crippen LogP contribution in [0.3, 0.4) is 0 Å². The van der Waals surface area contributed by atoms with Crippen molar-refractivity contribution in [2.24, 2.45) is 0 Å². The smallest absolute Gasteiger partial charge is 0.306 e. The van der Waals surface area contributed by atoms with Gasteiger partial charge in [-0.05, 0) is 77.0 Å². The van der Waals surface area contributed by atoms with Gasteiger partial charge in [0.05, 0.1) is 0 Å². The largest absolute Gasteiger partial charge is 0.462 e. The second kappa shape index (κ2) is 58.7. The summed E-state index contributed by atoms with van der Waals surface area (Å²) in [5.41, 5.74) is 0. The molecule has 406 valence electrons. The zero-order valence-corrected chi connectivity index (χ0v) is 46.5. The van der Waals surface area contributed by atoms with Crippen molar-refractivity contribution in [3.63, 3.8) is 0 Å². The van der Waals surface area contributed by atoms with E-state index in [9.17, 15) is 14.4 Å². The number of hydrogen-bond acceptors (Lipinski definition) is 6. The summed E-state index contributed by atoms with van der Waals surface area (Å²) in [4.78, 5) is 37.9. The average Bonchev–Trinajstić information content (AvgIpc) is 3.36. The van der Waals surface area contributed by atoms with E-state index in [4.69, 9.17) is 14.2 Å². The molecule has 1 atom stereocenters. The zero-order chi connectivity index (χ0) is 50.7. The molecule has 0 saturated carbocycles. The first-order chi connectivity index (χ1) is 34.5. The van der Waals surface area contributed by atoms with Crippen LogP contribution in [0.4, 0.5) is 0 Å². The Labute approximate surface area is 434 Å². The Morgan fingerprint density at radius 3 is 0.929 bits per heavy atom. The van der Waals surface area contributed by atoms with Crippen molar-refractivity contribution in [3.8, 4) is 0 Å². The van der Waals surface area contributed by atoms with Crippen molar-refractivity contribution in [1.82, 2.24) is 0 Å². The van der Waals surface area contributed by atoms with E-state index in [1.807, 2.05) is 0 Å². The molecule has 0 aliphatic heterocycles. The van der Waals surface area contributed by atoms with Gasteiger partial charge in [0.2, 0.25) is 0 Å². The maximum Gasteiger partial charge on any atom is 0.306 e. The summed E-state index contributed by atoms with van der Waals surface area (Å²) in [5.74, 6) is -0.875. The number of unbranched alkanes of at least 4 members (excludes halogenated alkanes) is 34. The molecule has 0 fully saturated rings. The second-order valence-corrected chi connectivity index (χ2v) is 20.2. The van der Waals surface area contributed by atoms with Crippen LogP contribution in [0.2, 0.25) is 0 Å². The van der Waals surface area contributed by atoms with Crippen LogP contribution in [0.1, 0.15) is 310 Å². The lowest BCUT2D eigenvalue weighted by Gasteiger charge is -2.18. The summed E-state index contributed by atoms with van der Waals surface area (Å²) in [6, 6.07) is 0. The minimum Gasteiger partial charge on any atom is -0.462 e. The molecule has 0 rings (SSSR count). The molecule has 0 amide bonds. The van der Waals surface area contributed by atoms with Gasteiger partial charge in [0.1, 0.15) is 13.2 Å². The minimum absolute atomic E-state index is 0.0727. The van der Waals surface area contributed by atoms with Crippen molar-refractivity contribution in [3.05, 3.63) is 60.8 Å². The van der Waals surface area contributed by atoms with Crippen LogP contribution in [0.5, 0.6) is 0 Å². The lowest BCUT2D eigenvalue weighted by atomic mass is 10.0. The van der Waals surface area contributed by atoms with Gasteiger partial charge in [-0.25, -0.2) is 0 Å². The molecule has 0 aromatic rings. The van der Waals surface area contributed by atoms with Gasteiger partial charge in [0, 0.05) is 19.3 Å². The highest BCUT2D eigenvalue weighted by molar-refractivity contribution is 5.71. The maximum absolute atomic E-state index is 12.8. The normalized spacial score (nSPS) is 12.4. The first-order valence-electron chi connectivity index (χ1n) is 30.3. The fourth-order valence-electron chi connectivity index (χ4n) is 8.71. The Hall–Kier alpha value is -2.89. The summed E-state index contributed by atoms with van der Waals surface area (Å²) >= 11 is 0. The molecule has 1 unspecified atom stereocenters. The van der Waals surface area contributed by atoms with Gasteiger partial charge in [-0.1, -0.05) is 274 Å². The lowest BCUT2D eigenvalue weighted by Crippen LogP contribution is -2.30. The van der Waals surface area contributed by atoms with Crippen molar-refractivity contribution in [2.45, 2.75) is 316 Å². The van der Waals surface area contributed by atoms with Gasteiger partial charge in [-0.3, -0.25) is 14.4 Å². The molecule has 6 heteroatoms. The predicted octanol–water partition coefficient (Wildman–Crippen LogP) is 20.4. The number of carbonyl (C=O) groups is 3. The van der Waals surface area contributed by atoms with Crippen LogP contribution < -0.4 is 0 Å². The zero-order valence-electron chi connectivity index (χ0n) is 46.5. The third kappa shape index (κ3) is 56.0. The van der Waals surface area contributed by atoms with Crippen molar-refractivity contribution in [1.29, 1.82) is 0 Å². The topological polar surface area (TPSA) is 78.9 Å². The number of carbonyl (C=O) groups excluding carboxylic acids is 3. The van der Waals surface area contributed by atoms with E-state index in [0.717, 1.165) is 96.3 Å². The Morgan fingerprint density at radius 1 is 0.300 bits per heavy atom. The van der Waals surface area contributed by atoms with E-state index in [0.29, 0.717) is 19.3 Å².